The molecule has 178 valence electrons. The van der Waals surface area contributed by atoms with E-state index in [-0.39, 0.29) is 12.5 Å². The van der Waals surface area contributed by atoms with E-state index in [4.69, 9.17) is 4.74 Å². The highest BCUT2D eigenvalue weighted by molar-refractivity contribution is 7.89. The number of sulfonamides is 1. The Morgan fingerprint density at radius 2 is 1.64 bits per heavy atom. The Bertz CT molecular complexity index is 1050. The van der Waals surface area contributed by atoms with Crippen molar-refractivity contribution in [3.63, 3.8) is 0 Å². The number of benzene rings is 2. The number of nitrogens with zero attached hydrogens (tertiary/aromatic N) is 2. The Morgan fingerprint density at radius 3 is 2.36 bits per heavy atom. The van der Waals surface area contributed by atoms with E-state index in [0.29, 0.717) is 30.9 Å². The zero-order valence-corrected chi connectivity index (χ0v) is 20.2. The number of aryl methyl sites for hydroxylation is 1. The van der Waals surface area contributed by atoms with Crippen molar-refractivity contribution in [1.82, 2.24) is 9.21 Å². The highest BCUT2D eigenvalue weighted by atomic mass is 32.2. The maximum Gasteiger partial charge on any atom is 0.243 e. The van der Waals surface area contributed by atoms with Crippen LogP contribution >= 0.6 is 0 Å². The standard InChI is InChI=1S/C26H34N2O4S/c1-22-11-6-7-14-24(22)33(30,31)28-18-10-15-26(20-28,21-32-23-12-4-2-5-13-23)19-25(29)27-16-8-3-9-17-27/h2,4-7,11-14H,3,8-10,15-21H2,1H3/t26-/m1/s1. The largest absolute Gasteiger partial charge is 0.493 e. The van der Waals surface area contributed by atoms with E-state index in [1.165, 1.54) is 0 Å². The van der Waals surface area contributed by atoms with Crippen molar-refractivity contribution < 1.29 is 17.9 Å². The van der Waals surface area contributed by atoms with Gasteiger partial charge in [-0.3, -0.25) is 4.79 Å². The molecule has 0 radical (unpaired) electrons. The molecule has 2 aliphatic heterocycles. The number of carbonyl (C=O) groups excluding carboxylic acids is 1. The molecule has 4 rings (SSSR count). The lowest BCUT2D eigenvalue weighted by molar-refractivity contribution is -0.136. The lowest BCUT2D eigenvalue weighted by Crippen LogP contribution is -2.51. The SMILES string of the molecule is Cc1ccccc1S(=O)(=O)N1CCC[C@@](COc2ccccc2)(CC(=O)N2CCCCC2)C1. The van der Waals surface area contributed by atoms with Crippen LogP contribution in [0.1, 0.15) is 44.1 Å². The zero-order chi connectivity index (χ0) is 23.3. The van der Waals surface area contributed by atoms with Crippen molar-refractivity contribution in [2.24, 2.45) is 5.41 Å². The molecular weight excluding hydrogens is 436 g/mol. The Labute approximate surface area is 197 Å². The predicted molar refractivity (Wildman–Crippen MR) is 129 cm³/mol. The second kappa shape index (κ2) is 10.3. The minimum absolute atomic E-state index is 0.113. The molecular formula is C26H34N2O4S. The number of para-hydroxylation sites is 1. The van der Waals surface area contributed by atoms with Gasteiger partial charge in [-0.1, -0.05) is 36.4 Å². The quantitative estimate of drug-likeness (QED) is 0.607. The van der Waals surface area contributed by atoms with Crippen LogP contribution in [0.5, 0.6) is 5.75 Å². The molecule has 0 saturated carbocycles. The van der Waals surface area contributed by atoms with Crippen LogP contribution in [0.25, 0.3) is 0 Å². The third-order valence-corrected chi connectivity index (χ3v) is 8.87. The monoisotopic (exact) mass is 470 g/mol. The predicted octanol–water partition coefficient (Wildman–Crippen LogP) is 4.25. The van der Waals surface area contributed by atoms with Crippen LogP contribution < -0.4 is 4.74 Å². The number of rotatable bonds is 7. The Hall–Kier alpha value is -2.38. The minimum atomic E-state index is -3.65. The molecule has 0 bridgehead atoms. The number of hydrogen-bond donors (Lipinski definition) is 0. The van der Waals surface area contributed by atoms with Crippen LogP contribution in [0.2, 0.25) is 0 Å². The highest BCUT2D eigenvalue weighted by Gasteiger charge is 2.43. The number of amides is 1. The van der Waals surface area contributed by atoms with Gasteiger partial charge in [0.25, 0.3) is 0 Å². The van der Waals surface area contributed by atoms with Gasteiger partial charge >= 0.3 is 0 Å². The third kappa shape index (κ3) is 5.58. The van der Waals surface area contributed by atoms with Crippen molar-refractivity contribution in [3.05, 3.63) is 60.2 Å². The van der Waals surface area contributed by atoms with Gasteiger partial charge in [0, 0.05) is 38.0 Å². The summed E-state index contributed by atoms with van der Waals surface area (Å²) < 4.78 is 34.8. The van der Waals surface area contributed by atoms with Crippen LogP contribution in [-0.2, 0) is 14.8 Å². The summed E-state index contributed by atoms with van der Waals surface area (Å²) in [4.78, 5) is 15.6. The summed E-state index contributed by atoms with van der Waals surface area (Å²) in [5.74, 6) is 0.850. The van der Waals surface area contributed by atoms with Gasteiger partial charge in [-0.2, -0.15) is 4.31 Å². The summed E-state index contributed by atoms with van der Waals surface area (Å²) in [6.45, 7) is 4.47. The summed E-state index contributed by atoms with van der Waals surface area (Å²) in [6.07, 6.45) is 5.00. The number of carbonyl (C=O) groups is 1. The lowest BCUT2D eigenvalue weighted by atomic mass is 9.78. The maximum atomic E-state index is 13.5. The molecule has 2 saturated heterocycles. The van der Waals surface area contributed by atoms with Crippen LogP contribution in [0.15, 0.2) is 59.5 Å². The Balaban J connectivity index is 1.58. The van der Waals surface area contributed by atoms with Gasteiger partial charge < -0.3 is 9.64 Å². The second-order valence-corrected chi connectivity index (χ2v) is 11.3. The van der Waals surface area contributed by atoms with E-state index >= 15 is 0 Å². The number of piperidine rings is 2. The molecule has 1 amide bonds. The van der Waals surface area contributed by atoms with Crippen LogP contribution in [0.4, 0.5) is 0 Å². The van der Waals surface area contributed by atoms with Gasteiger partial charge in [-0.25, -0.2) is 8.42 Å². The van der Waals surface area contributed by atoms with Crippen molar-refractivity contribution >= 4 is 15.9 Å². The molecule has 2 aromatic rings. The van der Waals surface area contributed by atoms with Crippen LogP contribution in [0.3, 0.4) is 0 Å². The molecule has 0 spiro atoms. The fraction of sp³-hybridized carbons (Fsp3) is 0.500. The Kier molecular flexibility index (Phi) is 7.39. The van der Waals surface area contributed by atoms with E-state index in [1.807, 2.05) is 54.3 Å². The lowest BCUT2D eigenvalue weighted by Gasteiger charge is -2.42. The van der Waals surface area contributed by atoms with Gasteiger partial charge in [-0.05, 0) is 62.8 Å². The van der Waals surface area contributed by atoms with Crippen molar-refractivity contribution in [2.75, 3.05) is 32.8 Å². The molecule has 0 unspecified atom stereocenters. The van der Waals surface area contributed by atoms with Crippen LogP contribution in [0, 0.1) is 12.3 Å². The molecule has 7 heteroatoms. The smallest absolute Gasteiger partial charge is 0.243 e. The fourth-order valence-electron chi connectivity index (χ4n) is 4.99. The number of hydrogen-bond acceptors (Lipinski definition) is 4. The average Bonchev–Trinajstić information content (AvgIpc) is 2.84. The normalized spacial score (nSPS) is 22.2. The molecule has 2 aromatic carbocycles. The molecule has 1 atom stereocenters. The zero-order valence-electron chi connectivity index (χ0n) is 19.4. The molecule has 0 N–H and O–H groups in total. The molecule has 2 fully saturated rings. The molecule has 0 aliphatic carbocycles. The van der Waals surface area contributed by atoms with Gasteiger partial charge in [-0.15, -0.1) is 0 Å². The first-order chi connectivity index (χ1) is 15.9. The average molecular weight is 471 g/mol. The first kappa shape index (κ1) is 23.8. The Morgan fingerprint density at radius 1 is 0.939 bits per heavy atom. The van der Waals surface area contributed by atoms with E-state index in [0.717, 1.165) is 50.1 Å². The topological polar surface area (TPSA) is 66.9 Å². The molecule has 33 heavy (non-hydrogen) atoms. The third-order valence-electron chi connectivity index (χ3n) is 6.86. The molecule has 6 nitrogen and oxygen atoms in total. The minimum Gasteiger partial charge on any atom is -0.493 e. The summed E-state index contributed by atoms with van der Waals surface area (Å²) in [5, 5.41) is 0. The molecule has 2 aliphatic rings. The summed E-state index contributed by atoms with van der Waals surface area (Å²) in [7, 11) is -3.65. The van der Waals surface area contributed by atoms with Crippen molar-refractivity contribution in [2.45, 2.75) is 50.3 Å². The first-order valence-corrected chi connectivity index (χ1v) is 13.4. The van der Waals surface area contributed by atoms with E-state index < -0.39 is 15.4 Å². The maximum absolute atomic E-state index is 13.5. The van der Waals surface area contributed by atoms with Crippen LogP contribution in [-0.4, -0.2) is 56.3 Å². The van der Waals surface area contributed by atoms with Crippen molar-refractivity contribution in [1.29, 1.82) is 0 Å². The summed E-state index contributed by atoms with van der Waals surface area (Å²) >= 11 is 0. The molecule has 2 heterocycles. The van der Waals surface area contributed by atoms with E-state index in [9.17, 15) is 13.2 Å². The summed E-state index contributed by atoms with van der Waals surface area (Å²) in [5.41, 5.74) is 0.178. The first-order valence-electron chi connectivity index (χ1n) is 11.9. The van der Waals surface area contributed by atoms with Gasteiger partial charge in [0.2, 0.25) is 15.9 Å². The number of ether oxygens (including phenoxy) is 1. The van der Waals surface area contributed by atoms with Gasteiger partial charge in [0.05, 0.1) is 11.5 Å². The van der Waals surface area contributed by atoms with E-state index in [1.54, 1.807) is 16.4 Å². The van der Waals surface area contributed by atoms with E-state index in [2.05, 4.69) is 0 Å². The highest BCUT2D eigenvalue weighted by Crippen LogP contribution is 2.38. The van der Waals surface area contributed by atoms with Crippen molar-refractivity contribution in [3.8, 4) is 5.75 Å². The van der Waals surface area contributed by atoms with Gasteiger partial charge in [0.15, 0.2) is 0 Å². The number of likely N-dealkylation sites (tertiary alicyclic amines) is 1. The second-order valence-electron chi connectivity index (χ2n) is 9.43. The summed E-state index contributed by atoms with van der Waals surface area (Å²) in [6, 6.07) is 16.6. The molecule has 0 aromatic heterocycles. The van der Waals surface area contributed by atoms with Gasteiger partial charge in [0.1, 0.15) is 5.75 Å². The fourth-order valence-corrected chi connectivity index (χ4v) is 6.81.